The van der Waals surface area contributed by atoms with Gasteiger partial charge in [0, 0.05) is 26.1 Å². The van der Waals surface area contributed by atoms with Crippen LogP contribution in [0.25, 0.3) is 0 Å². The van der Waals surface area contributed by atoms with Gasteiger partial charge in [-0.1, -0.05) is 12.1 Å². The molecule has 2 aromatic rings. The van der Waals surface area contributed by atoms with Crippen molar-refractivity contribution in [2.24, 2.45) is 0 Å². The van der Waals surface area contributed by atoms with Crippen LogP contribution in [0.3, 0.4) is 0 Å². The molecule has 4 rings (SSSR count). The summed E-state index contributed by atoms with van der Waals surface area (Å²) in [6.07, 6.45) is 0.110. The number of fused-ring (bicyclic) bond motifs is 2. The summed E-state index contributed by atoms with van der Waals surface area (Å²) < 4.78 is 1.99. The van der Waals surface area contributed by atoms with E-state index in [1.165, 1.54) is 0 Å². The van der Waals surface area contributed by atoms with Gasteiger partial charge >= 0.3 is 0 Å². The Morgan fingerprint density at radius 1 is 1.08 bits per heavy atom. The van der Waals surface area contributed by atoms with Crippen LogP contribution < -0.4 is 0 Å². The number of nitrogens with zero attached hydrogens (tertiary/aromatic N) is 5. The Morgan fingerprint density at radius 2 is 1.76 bits per heavy atom. The number of carbonyl (C=O) groups excluding carboxylic acids is 3. The van der Waals surface area contributed by atoms with E-state index >= 15 is 0 Å². The van der Waals surface area contributed by atoms with Crippen molar-refractivity contribution in [1.82, 2.24) is 24.6 Å². The van der Waals surface area contributed by atoms with Crippen molar-refractivity contribution in [3.8, 4) is 0 Å². The van der Waals surface area contributed by atoms with Crippen LogP contribution in [-0.4, -0.2) is 55.4 Å². The Labute approximate surface area is 144 Å². The van der Waals surface area contributed by atoms with Gasteiger partial charge in [-0.2, -0.15) is 0 Å². The number of aryl methyl sites for hydroxylation is 1. The van der Waals surface area contributed by atoms with E-state index in [2.05, 4.69) is 10.2 Å². The van der Waals surface area contributed by atoms with Crippen molar-refractivity contribution in [3.05, 3.63) is 47.0 Å². The first-order valence-electron chi connectivity index (χ1n) is 8.18. The van der Waals surface area contributed by atoms with E-state index in [4.69, 9.17) is 0 Å². The van der Waals surface area contributed by atoms with E-state index in [9.17, 15) is 14.4 Å². The molecule has 128 valence electrons. The van der Waals surface area contributed by atoms with Gasteiger partial charge in [-0.05, 0) is 19.1 Å². The largest absolute Gasteiger partial charge is 0.333 e. The van der Waals surface area contributed by atoms with Crippen LogP contribution in [0.5, 0.6) is 0 Å². The molecule has 0 saturated heterocycles. The average molecular weight is 339 g/mol. The molecule has 0 unspecified atom stereocenters. The number of rotatable bonds is 3. The summed E-state index contributed by atoms with van der Waals surface area (Å²) in [6.45, 7) is 3.62. The van der Waals surface area contributed by atoms with Crippen molar-refractivity contribution in [2.45, 2.75) is 26.4 Å². The zero-order valence-electron chi connectivity index (χ0n) is 13.8. The van der Waals surface area contributed by atoms with E-state index in [-0.39, 0.29) is 30.7 Å². The van der Waals surface area contributed by atoms with E-state index in [0.29, 0.717) is 30.8 Å². The normalized spacial score (nSPS) is 16.2. The lowest BCUT2D eigenvalue weighted by Gasteiger charge is -2.28. The van der Waals surface area contributed by atoms with Crippen LogP contribution in [0.2, 0.25) is 0 Å². The summed E-state index contributed by atoms with van der Waals surface area (Å²) >= 11 is 0. The Morgan fingerprint density at radius 3 is 2.44 bits per heavy atom. The highest BCUT2D eigenvalue weighted by Crippen LogP contribution is 2.22. The number of carbonyl (C=O) groups is 3. The van der Waals surface area contributed by atoms with Crippen molar-refractivity contribution in [1.29, 1.82) is 0 Å². The number of imide groups is 1. The molecule has 2 aliphatic heterocycles. The van der Waals surface area contributed by atoms with Crippen molar-refractivity contribution in [2.75, 3.05) is 13.1 Å². The third-order valence-electron chi connectivity index (χ3n) is 4.72. The predicted molar refractivity (Wildman–Crippen MR) is 86.6 cm³/mol. The second-order valence-electron chi connectivity index (χ2n) is 6.19. The van der Waals surface area contributed by atoms with Gasteiger partial charge in [0.05, 0.1) is 17.7 Å². The molecule has 0 N–H and O–H groups in total. The summed E-state index contributed by atoms with van der Waals surface area (Å²) in [7, 11) is 0. The first kappa shape index (κ1) is 15.5. The van der Waals surface area contributed by atoms with E-state index < -0.39 is 0 Å². The minimum absolute atomic E-state index is 0.0907. The van der Waals surface area contributed by atoms with Gasteiger partial charge in [-0.25, -0.2) is 0 Å². The molecule has 0 fully saturated rings. The molecule has 1 aromatic heterocycles. The summed E-state index contributed by atoms with van der Waals surface area (Å²) in [6, 6.07) is 6.73. The lowest BCUT2D eigenvalue weighted by Crippen LogP contribution is -2.41. The minimum Gasteiger partial charge on any atom is -0.333 e. The zero-order chi connectivity index (χ0) is 17.6. The molecular weight excluding hydrogens is 322 g/mol. The van der Waals surface area contributed by atoms with Crippen molar-refractivity contribution < 1.29 is 14.4 Å². The molecule has 0 radical (unpaired) electrons. The molecule has 0 saturated carbocycles. The van der Waals surface area contributed by atoms with E-state index in [1.807, 2.05) is 11.5 Å². The molecule has 3 heterocycles. The first-order valence-corrected chi connectivity index (χ1v) is 8.18. The van der Waals surface area contributed by atoms with Gasteiger partial charge < -0.3 is 9.47 Å². The molecule has 25 heavy (non-hydrogen) atoms. The van der Waals surface area contributed by atoms with E-state index in [0.717, 1.165) is 16.5 Å². The number of aromatic nitrogens is 3. The summed E-state index contributed by atoms with van der Waals surface area (Å²) in [5.41, 5.74) is 0.808. The van der Waals surface area contributed by atoms with Gasteiger partial charge in [0.1, 0.15) is 5.82 Å². The second-order valence-corrected chi connectivity index (χ2v) is 6.19. The van der Waals surface area contributed by atoms with Crippen LogP contribution in [0, 0.1) is 6.92 Å². The lowest BCUT2D eigenvalue weighted by atomic mass is 10.1. The summed E-state index contributed by atoms with van der Waals surface area (Å²) in [4.78, 5) is 40.0. The molecule has 8 nitrogen and oxygen atoms in total. The molecule has 2 aliphatic rings. The van der Waals surface area contributed by atoms with Gasteiger partial charge in [-0.3, -0.25) is 19.3 Å². The van der Waals surface area contributed by atoms with E-state index in [1.54, 1.807) is 29.2 Å². The van der Waals surface area contributed by atoms with Gasteiger partial charge in [0.15, 0.2) is 5.82 Å². The molecule has 0 bridgehead atoms. The maximum absolute atomic E-state index is 12.5. The monoisotopic (exact) mass is 339 g/mol. The second kappa shape index (κ2) is 5.80. The van der Waals surface area contributed by atoms with Crippen LogP contribution in [-0.2, 0) is 17.9 Å². The Hall–Kier alpha value is -3.03. The maximum atomic E-state index is 12.5. The van der Waals surface area contributed by atoms with Gasteiger partial charge in [-0.15, -0.1) is 10.2 Å². The Bertz CT molecular complexity index is 853. The third kappa shape index (κ3) is 2.50. The SMILES string of the molecule is Cc1nnc2n1CCN(C(=O)CCN1C(=O)c3ccccc3C1=O)C2. The molecule has 3 amide bonds. The predicted octanol–water partition coefficient (Wildman–Crippen LogP) is 0.615. The molecular formula is C17H17N5O3. The number of benzene rings is 1. The van der Waals surface area contributed by atoms with Gasteiger partial charge in [0.25, 0.3) is 11.8 Å². The summed E-state index contributed by atoms with van der Waals surface area (Å²) in [5, 5.41) is 8.10. The third-order valence-corrected chi connectivity index (χ3v) is 4.72. The standard InChI is InChI=1S/C17H17N5O3/c1-11-18-19-14-10-20(8-9-21(11)14)15(23)6-7-22-16(24)12-4-2-3-5-13(12)17(22)25/h2-5H,6-10H2,1H3. The van der Waals surface area contributed by atoms with Crippen LogP contribution >= 0.6 is 0 Å². The van der Waals surface area contributed by atoms with Gasteiger partial charge in [0.2, 0.25) is 5.91 Å². The fourth-order valence-corrected chi connectivity index (χ4v) is 3.32. The minimum atomic E-state index is -0.331. The fraction of sp³-hybridized carbons (Fsp3) is 0.353. The Balaban J connectivity index is 1.40. The van der Waals surface area contributed by atoms with Crippen LogP contribution in [0.1, 0.15) is 38.8 Å². The first-order chi connectivity index (χ1) is 12.1. The van der Waals surface area contributed by atoms with Crippen LogP contribution in [0.4, 0.5) is 0 Å². The number of hydrogen-bond donors (Lipinski definition) is 0. The summed E-state index contributed by atoms with van der Waals surface area (Å²) in [5.74, 6) is 0.847. The van der Waals surface area contributed by atoms with Crippen LogP contribution in [0.15, 0.2) is 24.3 Å². The molecule has 8 heteroatoms. The lowest BCUT2D eigenvalue weighted by molar-refractivity contribution is -0.132. The zero-order valence-corrected chi connectivity index (χ0v) is 13.8. The number of hydrogen-bond acceptors (Lipinski definition) is 5. The molecule has 0 atom stereocenters. The maximum Gasteiger partial charge on any atom is 0.261 e. The molecule has 0 aliphatic carbocycles. The molecule has 1 aromatic carbocycles. The fourth-order valence-electron chi connectivity index (χ4n) is 3.32. The smallest absolute Gasteiger partial charge is 0.261 e. The Kier molecular flexibility index (Phi) is 3.60. The number of amides is 3. The quantitative estimate of drug-likeness (QED) is 0.765. The molecule has 0 spiro atoms. The topological polar surface area (TPSA) is 88.4 Å². The van der Waals surface area contributed by atoms with Crippen molar-refractivity contribution in [3.63, 3.8) is 0 Å². The average Bonchev–Trinajstić information content (AvgIpc) is 3.12. The highest BCUT2D eigenvalue weighted by atomic mass is 16.2. The highest BCUT2D eigenvalue weighted by Gasteiger charge is 2.35. The van der Waals surface area contributed by atoms with Crippen molar-refractivity contribution >= 4 is 17.7 Å². The highest BCUT2D eigenvalue weighted by molar-refractivity contribution is 6.21.